The Morgan fingerprint density at radius 1 is 1.33 bits per heavy atom. The summed E-state index contributed by atoms with van der Waals surface area (Å²) in [5, 5.41) is 12.6. The minimum absolute atomic E-state index is 0.0127. The molecule has 0 spiro atoms. The number of phenols is 1. The molecule has 1 aromatic rings. The van der Waals surface area contributed by atoms with Crippen LogP contribution in [0.15, 0.2) is 18.2 Å². The van der Waals surface area contributed by atoms with Gasteiger partial charge < -0.3 is 10.4 Å². The molecule has 6 heteroatoms. The van der Waals surface area contributed by atoms with E-state index in [1.165, 1.54) is 0 Å². The van der Waals surface area contributed by atoms with E-state index >= 15 is 0 Å². The Morgan fingerprint density at radius 2 is 2.00 bits per heavy atom. The summed E-state index contributed by atoms with van der Waals surface area (Å²) in [4.78, 5) is 12.0. The van der Waals surface area contributed by atoms with Crippen LogP contribution in [0, 0.1) is 12.8 Å². The number of nitrogens with one attached hydrogen (secondary N) is 1. The molecule has 1 fully saturated rings. The van der Waals surface area contributed by atoms with E-state index in [2.05, 4.69) is 5.32 Å². The number of amides is 1. The van der Waals surface area contributed by atoms with Gasteiger partial charge in [0.05, 0.1) is 17.1 Å². The maximum Gasteiger partial charge on any atom is 0.255 e. The van der Waals surface area contributed by atoms with E-state index in [0.29, 0.717) is 30.9 Å². The summed E-state index contributed by atoms with van der Waals surface area (Å²) in [6, 6.07) is 5.06. The molecule has 1 saturated heterocycles. The third kappa shape index (κ3) is 4.20. The summed E-state index contributed by atoms with van der Waals surface area (Å²) < 4.78 is 22.7. The zero-order valence-electron chi connectivity index (χ0n) is 12.1. The Balaban J connectivity index is 1.81. The lowest BCUT2D eigenvalue weighted by molar-refractivity contribution is 0.0948. The Morgan fingerprint density at radius 3 is 2.67 bits per heavy atom. The highest BCUT2D eigenvalue weighted by molar-refractivity contribution is 7.91. The highest BCUT2D eigenvalue weighted by Gasteiger charge is 2.23. The van der Waals surface area contributed by atoms with Gasteiger partial charge in [0, 0.05) is 6.54 Å². The monoisotopic (exact) mass is 311 g/mol. The first kappa shape index (κ1) is 15.8. The van der Waals surface area contributed by atoms with E-state index in [-0.39, 0.29) is 28.7 Å². The summed E-state index contributed by atoms with van der Waals surface area (Å²) in [5.74, 6) is 0.576. The molecular weight excluding hydrogens is 290 g/mol. The number of para-hydroxylation sites is 1. The quantitative estimate of drug-likeness (QED) is 0.885. The largest absolute Gasteiger partial charge is 0.507 e. The second kappa shape index (κ2) is 6.47. The van der Waals surface area contributed by atoms with Crippen molar-refractivity contribution in [2.75, 3.05) is 18.1 Å². The van der Waals surface area contributed by atoms with Crippen LogP contribution in [-0.4, -0.2) is 37.5 Å². The number of aromatic hydroxyl groups is 1. The maximum absolute atomic E-state index is 12.0. The Hall–Kier alpha value is -1.56. The topological polar surface area (TPSA) is 83.5 Å². The molecule has 1 aromatic carbocycles. The van der Waals surface area contributed by atoms with E-state index in [4.69, 9.17) is 0 Å². The van der Waals surface area contributed by atoms with Crippen molar-refractivity contribution in [2.45, 2.75) is 26.2 Å². The highest BCUT2D eigenvalue weighted by Crippen LogP contribution is 2.23. The van der Waals surface area contributed by atoms with Crippen LogP contribution in [0.4, 0.5) is 0 Å². The van der Waals surface area contributed by atoms with Gasteiger partial charge >= 0.3 is 0 Å². The van der Waals surface area contributed by atoms with Crippen molar-refractivity contribution in [3.63, 3.8) is 0 Å². The van der Waals surface area contributed by atoms with E-state index in [0.717, 1.165) is 6.42 Å². The number of carbonyl (C=O) groups is 1. The van der Waals surface area contributed by atoms with Gasteiger partial charge in [0.1, 0.15) is 15.6 Å². The fourth-order valence-electron chi connectivity index (χ4n) is 2.55. The predicted molar refractivity (Wildman–Crippen MR) is 81.2 cm³/mol. The summed E-state index contributed by atoms with van der Waals surface area (Å²) in [6.07, 6.45) is 2.12. The molecule has 2 N–H and O–H groups in total. The van der Waals surface area contributed by atoms with Gasteiger partial charge in [0.15, 0.2) is 0 Å². The lowest BCUT2D eigenvalue weighted by Crippen LogP contribution is -2.29. The van der Waals surface area contributed by atoms with Crippen molar-refractivity contribution in [1.29, 1.82) is 0 Å². The molecule has 2 rings (SSSR count). The number of phenolic OH excluding ortho intramolecular Hbond substituents is 1. The average molecular weight is 311 g/mol. The zero-order valence-corrected chi connectivity index (χ0v) is 12.9. The van der Waals surface area contributed by atoms with Gasteiger partial charge in [-0.05, 0) is 43.7 Å². The first-order valence-electron chi connectivity index (χ1n) is 7.16. The lowest BCUT2D eigenvalue weighted by Gasteiger charge is -2.21. The smallest absolute Gasteiger partial charge is 0.255 e. The minimum atomic E-state index is -2.83. The molecule has 0 radical (unpaired) electrons. The first-order chi connectivity index (χ1) is 9.89. The average Bonchev–Trinajstić information content (AvgIpc) is 2.43. The van der Waals surface area contributed by atoms with Crippen LogP contribution >= 0.6 is 0 Å². The number of sulfone groups is 1. The van der Waals surface area contributed by atoms with Gasteiger partial charge in [-0.2, -0.15) is 0 Å². The van der Waals surface area contributed by atoms with Crippen LogP contribution in [0.2, 0.25) is 0 Å². The number of hydrogen-bond acceptors (Lipinski definition) is 4. The van der Waals surface area contributed by atoms with Crippen LogP contribution in [0.1, 0.15) is 35.2 Å². The van der Waals surface area contributed by atoms with Crippen molar-refractivity contribution < 1.29 is 18.3 Å². The Bertz CT molecular complexity index is 611. The summed E-state index contributed by atoms with van der Waals surface area (Å²) in [5.41, 5.74) is 0.946. The molecule has 1 aliphatic heterocycles. The molecule has 0 aliphatic carbocycles. The number of rotatable bonds is 4. The van der Waals surface area contributed by atoms with Crippen molar-refractivity contribution in [3.8, 4) is 5.75 Å². The third-order valence-corrected chi connectivity index (χ3v) is 5.71. The molecule has 0 bridgehead atoms. The van der Waals surface area contributed by atoms with E-state index in [1.807, 2.05) is 0 Å². The molecule has 0 aromatic heterocycles. The molecular formula is C15H21NO4S. The zero-order chi connectivity index (χ0) is 15.5. The first-order valence-corrected chi connectivity index (χ1v) is 8.98. The van der Waals surface area contributed by atoms with Gasteiger partial charge in [-0.15, -0.1) is 0 Å². The van der Waals surface area contributed by atoms with Gasteiger partial charge in [-0.3, -0.25) is 4.79 Å². The SMILES string of the molecule is Cc1cccc(C(=O)NCCC2CCS(=O)(=O)CC2)c1O. The Labute approximate surface area is 125 Å². The number of carbonyl (C=O) groups excluding carboxylic acids is 1. The minimum Gasteiger partial charge on any atom is -0.507 e. The van der Waals surface area contributed by atoms with Crippen molar-refractivity contribution >= 4 is 15.7 Å². The van der Waals surface area contributed by atoms with Crippen molar-refractivity contribution in [1.82, 2.24) is 5.32 Å². The standard InChI is InChI=1S/C15H21NO4S/c1-11-3-2-4-13(14(11)17)15(18)16-8-5-12-6-9-21(19,20)10-7-12/h2-4,12,17H,5-10H2,1H3,(H,16,18). The van der Waals surface area contributed by atoms with Crippen LogP contribution in [0.25, 0.3) is 0 Å². The van der Waals surface area contributed by atoms with E-state index in [9.17, 15) is 18.3 Å². The summed E-state index contributed by atoms with van der Waals surface area (Å²) in [6.45, 7) is 2.24. The van der Waals surface area contributed by atoms with Crippen LogP contribution < -0.4 is 5.32 Å². The second-order valence-electron chi connectivity index (χ2n) is 5.61. The fourth-order valence-corrected chi connectivity index (χ4v) is 4.14. The lowest BCUT2D eigenvalue weighted by atomic mass is 9.99. The van der Waals surface area contributed by atoms with Gasteiger partial charge in [-0.25, -0.2) is 8.42 Å². The number of hydrogen-bond donors (Lipinski definition) is 2. The van der Waals surface area contributed by atoms with Gasteiger partial charge in [0.2, 0.25) is 0 Å². The Kier molecular flexibility index (Phi) is 4.88. The summed E-state index contributed by atoms with van der Waals surface area (Å²) >= 11 is 0. The highest BCUT2D eigenvalue weighted by atomic mass is 32.2. The molecule has 5 nitrogen and oxygen atoms in total. The van der Waals surface area contributed by atoms with E-state index < -0.39 is 9.84 Å². The molecule has 116 valence electrons. The molecule has 0 unspecified atom stereocenters. The number of benzene rings is 1. The third-order valence-electron chi connectivity index (χ3n) is 3.99. The van der Waals surface area contributed by atoms with Crippen molar-refractivity contribution in [3.05, 3.63) is 29.3 Å². The van der Waals surface area contributed by atoms with Crippen molar-refractivity contribution in [2.24, 2.45) is 5.92 Å². The fraction of sp³-hybridized carbons (Fsp3) is 0.533. The van der Waals surface area contributed by atoms with Crippen LogP contribution in [0.3, 0.4) is 0 Å². The maximum atomic E-state index is 12.0. The van der Waals surface area contributed by atoms with Crippen LogP contribution in [-0.2, 0) is 9.84 Å². The van der Waals surface area contributed by atoms with Gasteiger partial charge in [-0.1, -0.05) is 12.1 Å². The molecule has 1 heterocycles. The molecule has 1 aliphatic rings. The molecule has 21 heavy (non-hydrogen) atoms. The van der Waals surface area contributed by atoms with E-state index in [1.54, 1.807) is 25.1 Å². The summed E-state index contributed by atoms with van der Waals surface area (Å²) in [7, 11) is -2.83. The van der Waals surface area contributed by atoms with Gasteiger partial charge in [0.25, 0.3) is 5.91 Å². The predicted octanol–water partition coefficient (Wildman–Crippen LogP) is 1.65. The van der Waals surface area contributed by atoms with Crippen LogP contribution in [0.5, 0.6) is 5.75 Å². The molecule has 0 saturated carbocycles. The normalized spacial score (nSPS) is 18.3. The molecule has 1 amide bonds. The number of aryl methyl sites for hydroxylation is 1. The second-order valence-corrected chi connectivity index (χ2v) is 7.91. The molecule has 0 atom stereocenters.